The number of rotatable bonds is 9. The molecule has 26 heavy (non-hydrogen) atoms. The first kappa shape index (κ1) is 20.1. The fraction of sp³-hybridized carbons (Fsp3) is 0.500. The van der Waals surface area contributed by atoms with Crippen LogP contribution < -0.4 is 10.2 Å². The maximum atomic E-state index is 12.7. The van der Waals surface area contributed by atoms with E-state index in [1.54, 1.807) is 11.0 Å². The Labute approximate surface area is 156 Å². The van der Waals surface area contributed by atoms with Crippen molar-refractivity contribution in [3.05, 3.63) is 43.0 Å². The topological polar surface area (TPSA) is 55.9 Å². The minimum absolute atomic E-state index is 0.0743. The monoisotopic (exact) mass is 358 g/mol. The quantitative estimate of drug-likeness (QED) is 0.677. The molecule has 6 nitrogen and oxygen atoms in total. The van der Waals surface area contributed by atoms with Gasteiger partial charge in [0.2, 0.25) is 11.8 Å². The summed E-state index contributed by atoms with van der Waals surface area (Å²) in [5.41, 5.74) is 0.892. The van der Waals surface area contributed by atoms with E-state index in [-0.39, 0.29) is 11.8 Å². The largest absolute Gasteiger partial charge is 0.355 e. The number of carbonyl (C=O) groups is 2. The van der Waals surface area contributed by atoms with E-state index in [1.165, 1.54) is 0 Å². The van der Waals surface area contributed by atoms with Gasteiger partial charge in [-0.3, -0.25) is 19.4 Å². The fourth-order valence-corrected chi connectivity index (χ4v) is 2.99. The standard InChI is InChI=1S/C20H30N4O2/c1-3-10-21-19(25)16-22-12-14-23(15-13-22)17-20(26)24(11-4-2)18-8-6-5-7-9-18/h4-9H,2-3,10-17H2,1H3,(H,21,25). The molecule has 0 atom stereocenters. The van der Waals surface area contributed by atoms with Crippen molar-refractivity contribution in [1.29, 1.82) is 0 Å². The SMILES string of the molecule is C=CCN(C(=O)CN1CCN(CC(=O)NCCC)CC1)c1ccccc1. The lowest BCUT2D eigenvalue weighted by Gasteiger charge is -2.35. The van der Waals surface area contributed by atoms with Gasteiger partial charge in [0.15, 0.2) is 0 Å². The van der Waals surface area contributed by atoms with Crippen molar-refractivity contribution in [2.24, 2.45) is 0 Å². The molecule has 1 fully saturated rings. The van der Waals surface area contributed by atoms with Crippen molar-refractivity contribution in [2.75, 3.05) is 57.3 Å². The lowest BCUT2D eigenvalue weighted by molar-refractivity contribution is -0.124. The molecule has 0 spiro atoms. The van der Waals surface area contributed by atoms with Crippen LogP contribution in [0.1, 0.15) is 13.3 Å². The number of carbonyl (C=O) groups excluding carboxylic acids is 2. The Morgan fingerprint density at radius 3 is 2.31 bits per heavy atom. The average Bonchev–Trinajstić information content (AvgIpc) is 2.66. The summed E-state index contributed by atoms with van der Waals surface area (Å²) >= 11 is 0. The molecule has 0 bridgehead atoms. The van der Waals surface area contributed by atoms with Crippen LogP contribution in [0.3, 0.4) is 0 Å². The minimum atomic E-state index is 0.0743. The number of amides is 2. The van der Waals surface area contributed by atoms with Crippen LogP contribution in [0.15, 0.2) is 43.0 Å². The summed E-state index contributed by atoms with van der Waals surface area (Å²) in [4.78, 5) is 30.6. The molecule has 1 heterocycles. The van der Waals surface area contributed by atoms with E-state index < -0.39 is 0 Å². The summed E-state index contributed by atoms with van der Waals surface area (Å²) in [6.07, 6.45) is 2.70. The van der Waals surface area contributed by atoms with E-state index in [2.05, 4.69) is 21.7 Å². The third-order valence-electron chi connectivity index (χ3n) is 4.44. The summed E-state index contributed by atoms with van der Waals surface area (Å²) in [7, 11) is 0. The van der Waals surface area contributed by atoms with Gasteiger partial charge in [-0.15, -0.1) is 6.58 Å². The highest BCUT2D eigenvalue weighted by atomic mass is 16.2. The van der Waals surface area contributed by atoms with Crippen molar-refractivity contribution < 1.29 is 9.59 Å². The first-order valence-corrected chi connectivity index (χ1v) is 9.31. The van der Waals surface area contributed by atoms with Crippen molar-refractivity contribution in [3.63, 3.8) is 0 Å². The highest BCUT2D eigenvalue weighted by Crippen LogP contribution is 2.14. The lowest BCUT2D eigenvalue weighted by atomic mass is 10.2. The third kappa shape index (κ3) is 6.28. The van der Waals surface area contributed by atoms with E-state index in [1.807, 2.05) is 37.3 Å². The Morgan fingerprint density at radius 2 is 1.73 bits per heavy atom. The molecular weight excluding hydrogens is 328 g/mol. The van der Waals surface area contributed by atoms with Gasteiger partial charge in [0.05, 0.1) is 13.1 Å². The molecule has 142 valence electrons. The van der Waals surface area contributed by atoms with Gasteiger partial charge in [-0.05, 0) is 18.6 Å². The van der Waals surface area contributed by atoms with Crippen LogP contribution in [0.5, 0.6) is 0 Å². The smallest absolute Gasteiger partial charge is 0.241 e. The van der Waals surface area contributed by atoms with E-state index >= 15 is 0 Å². The normalized spacial score (nSPS) is 15.4. The Bertz CT molecular complexity index is 583. The van der Waals surface area contributed by atoms with Crippen LogP contribution >= 0.6 is 0 Å². The number of hydrogen-bond acceptors (Lipinski definition) is 4. The van der Waals surface area contributed by atoms with Crippen LogP contribution in [0.2, 0.25) is 0 Å². The van der Waals surface area contributed by atoms with Gasteiger partial charge in [-0.25, -0.2) is 0 Å². The van der Waals surface area contributed by atoms with Gasteiger partial charge in [0.25, 0.3) is 0 Å². The fourth-order valence-electron chi connectivity index (χ4n) is 2.99. The third-order valence-corrected chi connectivity index (χ3v) is 4.44. The zero-order valence-electron chi connectivity index (χ0n) is 15.7. The molecule has 2 rings (SSSR count). The first-order valence-electron chi connectivity index (χ1n) is 9.31. The number of nitrogens with one attached hydrogen (secondary N) is 1. The summed E-state index contributed by atoms with van der Waals surface area (Å²) in [5, 5.41) is 2.91. The molecule has 0 unspecified atom stereocenters. The lowest BCUT2D eigenvalue weighted by Crippen LogP contribution is -2.52. The van der Waals surface area contributed by atoms with E-state index in [0.29, 0.717) is 19.6 Å². The van der Waals surface area contributed by atoms with Crippen LogP contribution in [0.25, 0.3) is 0 Å². The second-order valence-electron chi connectivity index (χ2n) is 6.53. The summed E-state index contributed by atoms with van der Waals surface area (Å²) in [5.74, 6) is 0.155. The molecule has 1 aliphatic rings. The zero-order valence-corrected chi connectivity index (χ0v) is 15.7. The molecule has 0 aliphatic carbocycles. The van der Waals surface area contributed by atoms with Crippen molar-refractivity contribution >= 4 is 17.5 Å². The number of hydrogen-bond donors (Lipinski definition) is 1. The molecule has 2 amide bonds. The Kier molecular flexibility index (Phi) is 8.31. The number of benzene rings is 1. The van der Waals surface area contributed by atoms with Crippen LogP contribution in [0.4, 0.5) is 5.69 Å². The molecule has 0 radical (unpaired) electrons. The molecule has 1 aliphatic heterocycles. The molecule has 6 heteroatoms. The van der Waals surface area contributed by atoms with Gasteiger partial charge >= 0.3 is 0 Å². The summed E-state index contributed by atoms with van der Waals surface area (Å²) in [6.45, 7) is 11.1. The molecule has 1 aromatic carbocycles. The molecule has 1 saturated heterocycles. The Hall–Kier alpha value is -2.18. The summed E-state index contributed by atoms with van der Waals surface area (Å²) in [6, 6.07) is 9.68. The van der Waals surface area contributed by atoms with Crippen LogP contribution in [0, 0.1) is 0 Å². The van der Waals surface area contributed by atoms with E-state index in [0.717, 1.165) is 44.8 Å². The molecule has 0 saturated carbocycles. The predicted octanol–water partition coefficient (Wildman–Crippen LogP) is 1.35. The zero-order chi connectivity index (χ0) is 18.8. The highest BCUT2D eigenvalue weighted by molar-refractivity contribution is 5.95. The number of para-hydroxylation sites is 1. The molecule has 1 aromatic rings. The van der Waals surface area contributed by atoms with Gasteiger partial charge < -0.3 is 10.2 Å². The molecule has 0 aromatic heterocycles. The Morgan fingerprint density at radius 1 is 1.12 bits per heavy atom. The van der Waals surface area contributed by atoms with Gasteiger partial charge in [0.1, 0.15) is 0 Å². The van der Waals surface area contributed by atoms with Crippen LogP contribution in [-0.2, 0) is 9.59 Å². The summed E-state index contributed by atoms with van der Waals surface area (Å²) < 4.78 is 0. The van der Waals surface area contributed by atoms with Crippen molar-refractivity contribution in [3.8, 4) is 0 Å². The van der Waals surface area contributed by atoms with Crippen molar-refractivity contribution in [2.45, 2.75) is 13.3 Å². The van der Waals surface area contributed by atoms with E-state index in [4.69, 9.17) is 0 Å². The predicted molar refractivity (Wildman–Crippen MR) is 105 cm³/mol. The van der Waals surface area contributed by atoms with Gasteiger partial charge in [-0.2, -0.15) is 0 Å². The second-order valence-corrected chi connectivity index (χ2v) is 6.53. The maximum Gasteiger partial charge on any atom is 0.241 e. The first-order chi connectivity index (χ1) is 12.6. The number of nitrogens with zero attached hydrogens (tertiary/aromatic N) is 3. The molecule has 1 N–H and O–H groups in total. The second kappa shape index (κ2) is 10.7. The van der Waals surface area contributed by atoms with Gasteiger partial charge in [-0.1, -0.05) is 31.2 Å². The Balaban J connectivity index is 1.81. The number of anilines is 1. The average molecular weight is 358 g/mol. The van der Waals surface area contributed by atoms with Crippen molar-refractivity contribution in [1.82, 2.24) is 15.1 Å². The van der Waals surface area contributed by atoms with E-state index in [9.17, 15) is 9.59 Å². The molecular formula is C20H30N4O2. The maximum absolute atomic E-state index is 12.7. The van der Waals surface area contributed by atoms with Crippen LogP contribution in [-0.4, -0.2) is 74.0 Å². The highest BCUT2D eigenvalue weighted by Gasteiger charge is 2.23. The minimum Gasteiger partial charge on any atom is -0.355 e. The number of piperazine rings is 1. The van der Waals surface area contributed by atoms with Gasteiger partial charge in [0, 0.05) is 45.0 Å².